The summed E-state index contributed by atoms with van der Waals surface area (Å²) in [5.41, 5.74) is -0.0590. The van der Waals surface area contributed by atoms with Gasteiger partial charge in [0.2, 0.25) is 11.3 Å². The molecule has 1 aromatic heterocycles. The van der Waals surface area contributed by atoms with Gasteiger partial charge >= 0.3 is 11.8 Å². The lowest BCUT2D eigenvalue weighted by Gasteiger charge is -2.01. The van der Waals surface area contributed by atoms with Gasteiger partial charge in [0.1, 0.15) is 0 Å². The van der Waals surface area contributed by atoms with Crippen LogP contribution in [-0.4, -0.2) is 23.2 Å². The predicted molar refractivity (Wildman–Crippen MR) is 70.0 cm³/mol. The number of ether oxygens (including phenoxy) is 1. The zero-order valence-electron chi connectivity index (χ0n) is 9.92. The molecule has 7 nitrogen and oxygen atoms in total. The average molecular weight is 317 g/mol. The van der Waals surface area contributed by atoms with E-state index in [1.165, 1.54) is 18.2 Å². The highest BCUT2D eigenvalue weighted by molar-refractivity contribution is 6.42. The van der Waals surface area contributed by atoms with Gasteiger partial charge in [-0.05, 0) is 23.1 Å². The fourth-order valence-electron chi connectivity index (χ4n) is 1.53. The number of methoxy groups -OCH3 is 1. The molecule has 0 aliphatic heterocycles. The Bertz CT molecular complexity index is 698. The summed E-state index contributed by atoms with van der Waals surface area (Å²) in [5.74, 6) is -1.76. The van der Waals surface area contributed by atoms with Crippen LogP contribution in [0.2, 0.25) is 10.0 Å². The Balaban J connectivity index is 2.64. The third-order valence-corrected chi connectivity index (χ3v) is 3.16. The molecular weight excluding hydrogens is 311 g/mol. The van der Waals surface area contributed by atoms with Gasteiger partial charge in [-0.1, -0.05) is 23.2 Å². The summed E-state index contributed by atoms with van der Waals surface area (Å²) in [4.78, 5) is 21.7. The first-order chi connectivity index (χ1) is 9.45. The SMILES string of the molecule is COC(=O)c1c([N+](=O)[O-])noc1-c1ccc(Cl)c(Cl)c1. The largest absolute Gasteiger partial charge is 0.465 e. The number of nitrogens with zero attached hydrogens (tertiary/aromatic N) is 2. The monoisotopic (exact) mass is 316 g/mol. The van der Waals surface area contributed by atoms with Crippen LogP contribution in [0, 0.1) is 10.1 Å². The number of hydrogen-bond donors (Lipinski definition) is 0. The van der Waals surface area contributed by atoms with Crippen molar-refractivity contribution in [3.63, 3.8) is 0 Å². The highest BCUT2D eigenvalue weighted by atomic mass is 35.5. The lowest BCUT2D eigenvalue weighted by atomic mass is 10.1. The predicted octanol–water partition coefficient (Wildman–Crippen LogP) is 3.34. The minimum atomic E-state index is -0.931. The van der Waals surface area contributed by atoms with Crippen molar-refractivity contribution in [3.05, 3.63) is 43.9 Å². The van der Waals surface area contributed by atoms with Crippen molar-refractivity contribution >= 4 is 35.0 Å². The molecule has 0 amide bonds. The topological polar surface area (TPSA) is 95.5 Å². The Morgan fingerprint density at radius 3 is 2.65 bits per heavy atom. The van der Waals surface area contributed by atoms with Gasteiger partial charge in [0.15, 0.2) is 5.16 Å². The van der Waals surface area contributed by atoms with Crippen molar-refractivity contribution in [1.82, 2.24) is 5.16 Å². The molecule has 0 saturated carbocycles. The van der Waals surface area contributed by atoms with E-state index in [-0.39, 0.29) is 16.3 Å². The summed E-state index contributed by atoms with van der Waals surface area (Å²) in [6, 6.07) is 4.36. The number of halogens is 2. The molecule has 0 saturated heterocycles. The van der Waals surface area contributed by atoms with Gasteiger partial charge < -0.3 is 14.9 Å². The number of esters is 1. The standard InChI is InChI=1S/C11H6Cl2N2O5/c1-19-11(16)8-9(20-14-10(8)15(17)18)5-2-3-6(12)7(13)4-5/h2-4H,1H3. The van der Waals surface area contributed by atoms with E-state index in [4.69, 9.17) is 27.7 Å². The number of carbonyl (C=O) groups is 1. The second kappa shape index (κ2) is 5.48. The van der Waals surface area contributed by atoms with Gasteiger partial charge in [-0.25, -0.2) is 4.79 Å². The number of nitro groups is 1. The van der Waals surface area contributed by atoms with E-state index in [1.54, 1.807) is 0 Å². The number of hydrogen-bond acceptors (Lipinski definition) is 6. The molecule has 0 aliphatic carbocycles. The zero-order valence-corrected chi connectivity index (χ0v) is 11.4. The molecule has 1 heterocycles. The first-order valence-electron chi connectivity index (χ1n) is 5.13. The molecule has 0 unspecified atom stereocenters. The maximum absolute atomic E-state index is 11.7. The molecule has 2 rings (SSSR count). The summed E-state index contributed by atoms with van der Waals surface area (Å²) in [6.45, 7) is 0. The van der Waals surface area contributed by atoms with E-state index in [9.17, 15) is 14.9 Å². The van der Waals surface area contributed by atoms with Crippen LogP contribution in [0.25, 0.3) is 11.3 Å². The number of benzene rings is 1. The minimum absolute atomic E-state index is 0.109. The van der Waals surface area contributed by atoms with Crippen molar-refractivity contribution in [2.75, 3.05) is 7.11 Å². The van der Waals surface area contributed by atoms with Gasteiger partial charge in [-0.3, -0.25) is 4.52 Å². The summed E-state index contributed by atoms with van der Waals surface area (Å²) < 4.78 is 9.37. The Hall–Kier alpha value is -2.12. The zero-order chi connectivity index (χ0) is 14.9. The van der Waals surface area contributed by atoms with Gasteiger partial charge in [0.25, 0.3) is 0 Å². The van der Waals surface area contributed by atoms with Crippen LogP contribution in [0.15, 0.2) is 22.7 Å². The third kappa shape index (κ3) is 2.45. The molecule has 104 valence electrons. The van der Waals surface area contributed by atoms with Gasteiger partial charge in [-0.2, -0.15) is 0 Å². The van der Waals surface area contributed by atoms with Crippen molar-refractivity contribution < 1.29 is 19.0 Å². The number of rotatable bonds is 3. The maximum atomic E-state index is 11.7. The second-order valence-corrected chi connectivity index (χ2v) is 4.40. The van der Waals surface area contributed by atoms with Crippen LogP contribution < -0.4 is 0 Å². The third-order valence-electron chi connectivity index (χ3n) is 2.42. The normalized spacial score (nSPS) is 10.3. The Kier molecular flexibility index (Phi) is 3.91. The molecule has 0 N–H and O–H groups in total. The van der Waals surface area contributed by atoms with Gasteiger partial charge in [0, 0.05) is 5.56 Å². The molecule has 1 aromatic carbocycles. The van der Waals surface area contributed by atoms with E-state index in [1.807, 2.05) is 0 Å². The second-order valence-electron chi connectivity index (χ2n) is 3.59. The maximum Gasteiger partial charge on any atom is 0.428 e. The Morgan fingerprint density at radius 2 is 2.10 bits per heavy atom. The number of aromatic nitrogens is 1. The molecular formula is C11H6Cl2N2O5. The van der Waals surface area contributed by atoms with Crippen LogP contribution in [-0.2, 0) is 4.74 Å². The van der Waals surface area contributed by atoms with E-state index in [0.717, 1.165) is 7.11 Å². The Morgan fingerprint density at radius 1 is 1.40 bits per heavy atom. The molecule has 9 heteroatoms. The molecule has 0 aliphatic rings. The first kappa shape index (κ1) is 14.3. The van der Waals surface area contributed by atoms with Crippen LogP contribution in [0.1, 0.15) is 10.4 Å². The molecule has 0 fully saturated rings. The Labute approximate surface area is 122 Å². The van der Waals surface area contributed by atoms with Crippen molar-refractivity contribution in [2.45, 2.75) is 0 Å². The lowest BCUT2D eigenvalue weighted by molar-refractivity contribution is -0.391. The summed E-state index contributed by atoms with van der Waals surface area (Å²) in [5, 5.41) is 14.6. The quantitative estimate of drug-likeness (QED) is 0.489. The van der Waals surface area contributed by atoms with Crippen LogP contribution in [0.4, 0.5) is 5.82 Å². The summed E-state index contributed by atoms with van der Waals surface area (Å²) in [7, 11) is 1.09. The van der Waals surface area contributed by atoms with Gasteiger partial charge in [-0.15, -0.1) is 0 Å². The molecule has 20 heavy (non-hydrogen) atoms. The van der Waals surface area contributed by atoms with Crippen LogP contribution >= 0.6 is 23.2 Å². The number of carbonyl (C=O) groups excluding carboxylic acids is 1. The molecule has 0 radical (unpaired) electrons. The van der Waals surface area contributed by atoms with E-state index >= 15 is 0 Å². The highest BCUT2D eigenvalue weighted by Gasteiger charge is 2.33. The summed E-state index contributed by atoms with van der Waals surface area (Å²) in [6.07, 6.45) is 0. The molecule has 0 bridgehead atoms. The van der Waals surface area contributed by atoms with Gasteiger partial charge in [0.05, 0.1) is 17.2 Å². The van der Waals surface area contributed by atoms with Crippen LogP contribution in [0.3, 0.4) is 0 Å². The van der Waals surface area contributed by atoms with Crippen molar-refractivity contribution in [3.8, 4) is 11.3 Å². The average Bonchev–Trinajstić information content (AvgIpc) is 2.86. The lowest BCUT2D eigenvalue weighted by Crippen LogP contribution is -2.05. The fourth-order valence-corrected chi connectivity index (χ4v) is 1.82. The first-order valence-corrected chi connectivity index (χ1v) is 5.89. The smallest absolute Gasteiger partial charge is 0.428 e. The van der Waals surface area contributed by atoms with E-state index in [2.05, 4.69) is 9.89 Å². The van der Waals surface area contributed by atoms with E-state index < -0.39 is 16.7 Å². The molecule has 0 spiro atoms. The minimum Gasteiger partial charge on any atom is -0.465 e. The molecule has 2 aromatic rings. The van der Waals surface area contributed by atoms with E-state index in [0.29, 0.717) is 10.6 Å². The van der Waals surface area contributed by atoms with Crippen LogP contribution in [0.5, 0.6) is 0 Å². The highest BCUT2D eigenvalue weighted by Crippen LogP contribution is 2.34. The molecule has 0 atom stereocenters. The van der Waals surface area contributed by atoms with Crippen molar-refractivity contribution in [2.24, 2.45) is 0 Å². The fraction of sp³-hybridized carbons (Fsp3) is 0.0909. The van der Waals surface area contributed by atoms with Crippen molar-refractivity contribution in [1.29, 1.82) is 0 Å². The summed E-state index contributed by atoms with van der Waals surface area (Å²) >= 11 is 11.6.